The highest BCUT2D eigenvalue weighted by Crippen LogP contribution is 2.38. The summed E-state index contributed by atoms with van der Waals surface area (Å²) in [4.78, 5) is 17.2. The van der Waals surface area contributed by atoms with Crippen LogP contribution in [-0.2, 0) is 6.54 Å². The van der Waals surface area contributed by atoms with E-state index in [1.54, 1.807) is 33.5 Å². The van der Waals surface area contributed by atoms with Gasteiger partial charge in [-0.25, -0.2) is 0 Å². The van der Waals surface area contributed by atoms with Crippen LogP contribution in [0.5, 0.6) is 17.2 Å². The maximum atomic E-state index is 13.1. The molecule has 0 radical (unpaired) electrons. The molecule has 0 saturated carbocycles. The lowest BCUT2D eigenvalue weighted by Crippen LogP contribution is -2.35. The predicted molar refractivity (Wildman–Crippen MR) is 103 cm³/mol. The topological polar surface area (TPSA) is 77.3 Å². The Morgan fingerprint density at radius 1 is 1.04 bits per heavy atom. The van der Waals surface area contributed by atoms with Crippen molar-refractivity contribution >= 4 is 5.91 Å². The van der Waals surface area contributed by atoms with Crippen molar-refractivity contribution in [2.45, 2.75) is 19.9 Å². The van der Waals surface area contributed by atoms with Crippen LogP contribution in [0, 0.1) is 6.92 Å². The van der Waals surface area contributed by atoms with Gasteiger partial charge >= 0.3 is 0 Å². The molecule has 1 saturated heterocycles. The second kappa shape index (κ2) is 8.97. The molecular formula is C20H27N3O5. The molecule has 3 rings (SSSR count). The van der Waals surface area contributed by atoms with E-state index in [0.717, 1.165) is 37.5 Å². The molecule has 8 heteroatoms. The quantitative estimate of drug-likeness (QED) is 0.750. The first kappa shape index (κ1) is 20.0. The first-order chi connectivity index (χ1) is 13.5. The Hall–Kier alpha value is -2.74. The van der Waals surface area contributed by atoms with Gasteiger partial charge in [0, 0.05) is 44.4 Å². The third-order valence-corrected chi connectivity index (χ3v) is 4.85. The van der Waals surface area contributed by atoms with Crippen molar-refractivity contribution in [3.63, 3.8) is 0 Å². The lowest BCUT2D eigenvalue weighted by atomic mass is 10.1. The summed E-state index contributed by atoms with van der Waals surface area (Å²) in [7, 11) is 4.63. The van der Waals surface area contributed by atoms with Gasteiger partial charge in [-0.05, 0) is 25.5 Å². The normalized spacial score (nSPS) is 15.2. The van der Waals surface area contributed by atoms with Gasteiger partial charge in [0.15, 0.2) is 11.5 Å². The van der Waals surface area contributed by atoms with Crippen LogP contribution in [0.4, 0.5) is 0 Å². The van der Waals surface area contributed by atoms with Gasteiger partial charge in [-0.15, -0.1) is 0 Å². The van der Waals surface area contributed by atoms with E-state index in [4.69, 9.17) is 18.7 Å². The first-order valence-corrected chi connectivity index (χ1v) is 9.29. The molecule has 28 heavy (non-hydrogen) atoms. The van der Waals surface area contributed by atoms with Crippen molar-refractivity contribution in [2.75, 3.05) is 47.5 Å². The van der Waals surface area contributed by atoms with E-state index in [9.17, 15) is 4.79 Å². The molecule has 0 bridgehead atoms. The molecule has 1 aliphatic rings. The van der Waals surface area contributed by atoms with Gasteiger partial charge in [-0.3, -0.25) is 9.69 Å². The molecule has 0 N–H and O–H groups in total. The predicted octanol–water partition coefficient (Wildman–Crippen LogP) is 2.36. The van der Waals surface area contributed by atoms with E-state index in [1.807, 2.05) is 17.9 Å². The van der Waals surface area contributed by atoms with Gasteiger partial charge in [-0.1, -0.05) is 5.16 Å². The zero-order chi connectivity index (χ0) is 20.1. The molecule has 0 aliphatic carbocycles. The molecule has 0 atom stereocenters. The Balaban J connectivity index is 1.70. The number of ether oxygens (including phenoxy) is 3. The van der Waals surface area contributed by atoms with Gasteiger partial charge < -0.3 is 23.6 Å². The number of nitrogens with zero attached hydrogens (tertiary/aromatic N) is 3. The van der Waals surface area contributed by atoms with Crippen molar-refractivity contribution in [3.05, 3.63) is 35.2 Å². The Morgan fingerprint density at radius 2 is 1.75 bits per heavy atom. The Morgan fingerprint density at radius 3 is 2.32 bits per heavy atom. The van der Waals surface area contributed by atoms with E-state index in [-0.39, 0.29) is 5.91 Å². The van der Waals surface area contributed by atoms with Crippen molar-refractivity contribution in [3.8, 4) is 17.2 Å². The summed E-state index contributed by atoms with van der Waals surface area (Å²) in [6.07, 6.45) is 0.896. The number of carbonyl (C=O) groups excluding carboxylic acids is 1. The molecule has 0 spiro atoms. The van der Waals surface area contributed by atoms with E-state index < -0.39 is 0 Å². The van der Waals surface area contributed by atoms with Crippen molar-refractivity contribution in [1.29, 1.82) is 0 Å². The monoisotopic (exact) mass is 389 g/mol. The van der Waals surface area contributed by atoms with Crippen LogP contribution >= 0.6 is 0 Å². The molecule has 1 fully saturated rings. The molecular weight excluding hydrogens is 362 g/mol. The number of aryl methyl sites for hydroxylation is 1. The van der Waals surface area contributed by atoms with Crippen molar-refractivity contribution in [2.24, 2.45) is 0 Å². The SMILES string of the molecule is COc1cc(C(=O)N2CCCN(Cc3cc(C)on3)CC2)cc(OC)c1OC. The van der Waals surface area contributed by atoms with Crippen molar-refractivity contribution in [1.82, 2.24) is 15.0 Å². The summed E-state index contributed by atoms with van der Waals surface area (Å²) < 4.78 is 21.2. The fourth-order valence-corrected chi connectivity index (χ4v) is 3.44. The average Bonchev–Trinajstić information content (AvgIpc) is 2.98. The number of amides is 1. The Labute approximate surface area is 164 Å². The summed E-state index contributed by atoms with van der Waals surface area (Å²) in [5.41, 5.74) is 1.44. The third kappa shape index (κ3) is 4.39. The standard InChI is InChI=1S/C20H27N3O5/c1-14-10-16(21-28-14)13-22-6-5-7-23(9-8-22)20(24)15-11-17(25-2)19(27-4)18(12-15)26-3/h10-12H,5-9,13H2,1-4H3. The lowest BCUT2D eigenvalue weighted by Gasteiger charge is -2.22. The Kier molecular flexibility index (Phi) is 6.41. The number of methoxy groups -OCH3 is 3. The zero-order valence-corrected chi connectivity index (χ0v) is 16.9. The smallest absolute Gasteiger partial charge is 0.254 e. The highest BCUT2D eigenvalue weighted by atomic mass is 16.5. The number of hydrogen-bond donors (Lipinski definition) is 0. The number of benzene rings is 1. The second-order valence-electron chi connectivity index (χ2n) is 6.76. The zero-order valence-electron chi connectivity index (χ0n) is 16.9. The Bertz CT molecular complexity index is 795. The number of carbonyl (C=O) groups is 1. The van der Waals surface area contributed by atoms with E-state index in [0.29, 0.717) is 35.9 Å². The van der Waals surface area contributed by atoms with Gasteiger partial charge in [0.2, 0.25) is 5.75 Å². The molecule has 152 valence electrons. The van der Waals surface area contributed by atoms with E-state index >= 15 is 0 Å². The highest BCUT2D eigenvalue weighted by Gasteiger charge is 2.24. The lowest BCUT2D eigenvalue weighted by molar-refractivity contribution is 0.0760. The van der Waals surface area contributed by atoms with Crippen LogP contribution in [-0.4, -0.2) is 68.4 Å². The summed E-state index contributed by atoms with van der Waals surface area (Å²) in [5, 5.41) is 4.06. The van der Waals surface area contributed by atoms with Crippen LogP contribution in [0.3, 0.4) is 0 Å². The highest BCUT2D eigenvalue weighted by molar-refractivity contribution is 5.95. The molecule has 2 aromatic rings. The second-order valence-corrected chi connectivity index (χ2v) is 6.76. The molecule has 2 heterocycles. The van der Waals surface area contributed by atoms with Crippen LogP contribution in [0.2, 0.25) is 0 Å². The van der Waals surface area contributed by atoms with Crippen LogP contribution in [0.15, 0.2) is 22.7 Å². The van der Waals surface area contributed by atoms with Gasteiger partial charge in [0.05, 0.1) is 27.0 Å². The van der Waals surface area contributed by atoms with Crippen LogP contribution in [0.25, 0.3) is 0 Å². The molecule has 8 nitrogen and oxygen atoms in total. The van der Waals surface area contributed by atoms with E-state index in [1.165, 1.54) is 0 Å². The molecule has 0 unspecified atom stereocenters. The first-order valence-electron chi connectivity index (χ1n) is 9.29. The maximum absolute atomic E-state index is 13.1. The van der Waals surface area contributed by atoms with Gasteiger partial charge in [0.25, 0.3) is 5.91 Å². The molecule has 1 aromatic carbocycles. The van der Waals surface area contributed by atoms with Gasteiger partial charge in [-0.2, -0.15) is 0 Å². The average molecular weight is 389 g/mol. The molecule has 1 amide bonds. The number of hydrogen-bond acceptors (Lipinski definition) is 7. The van der Waals surface area contributed by atoms with Crippen molar-refractivity contribution < 1.29 is 23.5 Å². The largest absolute Gasteiger partial charge is 0.493 e. The summed E-state index contributed by atoms with van der Waals surface area (Å²) >= 11 is 0. The minimum atomic E-state index is -0.0432. The number of rotatable bonds is 6. The number of aromatic nitrogens is 1. The fraction of sp³-hybridized carbons (Fsp3) is 0.500. The summed E-state index contributed by atoms with van der Waals surface area (Å²) in [5.74, 6) is 2.19. The molecule has 1 aliphatic heterocycles. The maximum Gasteiger partial charge on any atom is 0.254 e. The minimum Gasteiger partial charge on any atom is -0.493 e. The summed E-state index contributed by atoms with van der Waals surface area (Å²) in [6, 6.07) is 5.35. The van der Waals surface area contributed by atoms with Crippen LogP contribution < -0.4 is 14.2 Å². The molecule has 1 aromatic heterocycles. The van der Waals surface area contributed by atoms with Crippen LogP contribution in [0.1, 0.15) is 28.2 Å². The summed E-state index contributed by atoms with van der Waals surface area (Å²) in [6.45, 7) is 5.64. The minimum absolute atomic E-state index is 0.0432. The van der Waals surface area contributed by atoms with Gasteiger partial charge in [0.1, 0.15) is 5.76 Å². The fourth-order valence-electron chi connectivity index (χ4n) is 3.44. The third-order valence-electron chi connectivity index (χ3n) is 4.85. The van der Waals surface area contributed by atoms with E-state index in [2.05, 4.69) is 10.1 Å².